The molecule has 0 saturated carbocycles. The molecule has 0 unspecified atom stereocenters. The van der Waals surface area contributed by atoms with Gasteiger partial charge in [0.05, 0.1) is 0 Å². The molecule has 5 aromatic rings. The monoisotopic (exact) mass is 623 g/mol. The molecule has 34 heavy (non-hydrogen) atoms. The topological polar surface area (TPSA) is 44.9 Å². The number of hydrogen-bond acceptors (Lipinski definition) is 3. The first-order valence-electron chi connectivity index (χ1n) is 10.8. The third-order valence-corrected chi connectivity index (χ3v) is 5.23. The fourth-order valence-corrected chi connectivity index (χ4v) is 3.50. The predicted molar refractivity (Wildman–Crippen MR) is 128 cm³/mol. The van der Waals surface area contributed by atoms with Gasteiger partial charge in [0.15, 0.2) is 6.04 Å². The first-order valence-corrected chi connectivity index (χ1v) is 10.8. The number of fused-ring (bicyclic) bond motifs is 3. The Morgan fingerprint density at radius 1 is 0.912 bits per heavy atom. The molecule has 0 atom stereocenters. The second kappa shape index (κ2) is 10.5. The van der Waals surface area contributed by atoms with Crippen molar-refractivity contribution in [1.82, 2.24) is 9.97 Å². The Kier molecular flexibility index (Phi) is 7.24. The van der Waals surface area contributed by atoms with Gasteiger partial charge >= 0.3 is 6.01 Å². The predicted octanol–water partition coefficient (Wildman–Crippen LogP) is 6.05. The number of furan rings is 1. The van der Waals surface area contributed by atoms with Crippen LogP contribution >= 0.6 is 0 Å². The van der Waals surface area contributed by atoms with Gasteiger partial charge in [0.25, 0.3) is 6.20 Å². The number of benzene rings is 2. The molecule has 2 aromatic carbocycles. The number of aromatic nitrogens is 2. The van der Waals surface area contributed by atoms with E-state index in [-0.39, 0.29) is 20.1 Å². The van der Waals surface area contributed by atoms with E-state index < -0.39 is 0 Å². The summed E-state index contributed by atoms with van der Waals surface area (Å²) in [6.07, 6.45) is 7.50. The van der Waals surface area contributed by atoms with Crippen LogP contribution in [0.2, 0.25) is 0 Å². The SMILES string of the molecule is CC(C)[N+]1=C=[N+](c2[c-]cc3c(c2)oc2ncccc23)C=C1.[Ir].[c-]1ccccc1-c1ccccn1. The van der Waals surface area contributed by atoms with Gasteiger partial charge in [-0.3, -0.25) is 0 Å². The molecule has 169 valence electrons. The molecular formula is C28H22IrN4O. The van der Waals surface area contributed by atoms with Crippen molar-refractivity contribution in [1.29, 1.82) is 0 Å². The molecule has 0 fully saturated rings. The van der Waals surface area contributed by atoms with Gasteiger partial charge in [0, 0.05) is 38.1 Å². The van der Waals surface area contributed by atoms with Crippen LogP contribution in [0, 0.1) is 12.1 Å². The molecule has 0 N–H and O–H groups in total. The largest absolute Gasteiger partial charge is 0.493 e. The minimum atomic E-state index is 0. The molecule has 6 heteroatoms. The van der Waals surface area contributed by atoms with Crippen molar-refractivity contribution in [3.8, 4) is 11.3 Å². The van der Waals surface area contributed by atoms with Crippen molar-refractivity contribution in [2.45, 2.75) is 19.9 Å². The fourth-order valence-electron chi connectivity index (χ4n) is 3.50. The maximum absolute atomic E-state index is 5.80. The van der Waals surface area contributed by atoms with E-state index in [1.807, 2.05) is 88.3 Å². The third kappa shape index (κ3) is 4.95. The van der Waals surface area contributed by atoms with Gasteiger partial charge in [0.2, 0.25) is 11.9 Å². The van der Waals surface area contributed by atoms with Gasteiger partial charge in [-0.1, -0.05) is 38.8 Å². The van der Waals surface area contributed by atoms with Crippen molar-refractivity contribution >= 4 is 33.8 Å². The maximum Gasteiger partial charge on any atom is 0.493 e. The summed E-state index contributed by atoms with van der Waals surface area (Å²) < 4.78 is 9.75. The average molecular weight is 623 g/mol. The average Bonchev–Trinajstić information content (AvgIpc) is 3.51. The maximum atomic E-state index is 5.80. The van der Waals surface area contributed by atoms with Crippen LogP contribution in [0.1, 0.15) is 13.8 Å². The van der Waals surface area contributed by atoms with E-state index in [1.54, 1.807) is 12.4 Å². The normalized spacial score (nSPS) is 12.2. The van der Waals surface area contributed by atoms with Gasteiger partial charge in [-0.2, -0.15) is 6.07 Å². The molecule has 4 heterocycles. The molecule has 1 radical (unpaired) electrons. The van der Waals surface area contributed by atoms with E-state index in [4.69, 9.17) is 4.42 Å². The van der Waals surface area contributed by atoms with Crippen LogP contribution in [0.4, 0.5) is 5.69 Å². The van der Waals surface area contributed by atoms with Gasteiger partial charge in [-0.25, -0.2) is 4.98 Å². The van der Waals surface area contributed by atoms with Gasteiger partial charge in [-0.15, -0.1) is 42.0 Å². The molecule has 6 rings (SSSR count). The number of hydrogen-bond donors (Lipinski definition) is 0. The van der Waals surface area contributed by atoms with Crippen molar-refractivity contribution < 1.29 is 33.7 Å². The smallest absolute Gasteiger partial charge is 0.465 e. The number of rotatable bonds is 3. The molecule has 1 aliphatic rings. The summed E-state index contributed by atoms with van der Waals surface area (Å²) in [6.45, 7) is 4.25. The van der Waals surface area contributed by atoms with Crippen molar-refractivity contribution in [3.63, 3.8) is 0 Å². The summed E-state index contributed by atoms with van der Waals surface area (Å²) in [5.74, 6) is 0. The zero-order valence-corrected chi connectivity index (χ0v) is 21.2. The van der Waals surface area contributed by atoms with E-state index in [2.05, 4.69) is 42.0 Å². The molecule has 3 aromatic heterocycles. The van der Waals surface area contributed by atoms with E-state index in [0.29, 0.717) is 11.8 Å². The minimum absolute atomic E-state index is 0. The second-order valence-electron chi connectivity index (χ2n) is 7.81. The molecule has 0 bridgehead atoms. The molecular weight excluding hydrogens is 601 g/mol. The number of nitrogens with zero attached hydrogens (tertiary/aromatic N) is 4. The van der Waals surface area contributed by atoms with Gasteiger partial charge < -0.3 is 9.40 Å². The molecule has 0 spiro atoms. The first-order chi connectivity index (χ1) is 16.2. The summed E-state index contributed by atoms with van der Waals surface area (Å²) in [6, 6.07) is 31.6. The Labute approximate surface area is 211 Å². The molecule has 0 saturated heterocycles. The quantitative estimate of drug-likeness (QED) is 0.182. The van der Waals surface area contributed by atoms with E-state index >= 15 is 0 Å². The third-order valence-electron chi connectivity index (χ3n) is 5.23. The standard InChI is InChI=1S/C17H14N3O.C11H8N.Ir/c1-12(2)19-8-9-20(11-19)13-5-6-14-15-4-3-7-18-17(15)21-16(14)10-13;1-2-6-10(7-3-1)11-8-4-5-9-12-11;/h3-4,6-10,12H,1-2H3;1-6,8-9H;/q+1;-1;. The molecule has 0 aliphatic carbocycles. The van der Waals surface area contributed by atoms with Crippen LogP contribution in [0.25, 0.3) is 33.3 Å². The van der Waals surface area contributed by atoms with Crippen LogP contribution in [-0.2, 0) is 20.1 Å². The van der Waals surface area contributed by atoms with Gasteiger partial charge in [0.1, 0.15) is 5.69 Å². The van der Waals surface area contributed by atoms with Crippen LogP contribution in [-0.4, -0.2) is 31.2 Å². The Balaban J connectivity index is 0.000000180. The Morgan fingerprint density at radius 3 is 2.50 bits per heavy atom. The molecule has 5 nitrogen and oxygen atoms in total. The summed E-state index contributed by atoms with van der Waals surface area (Å²) in [4.78, 5) is 8.47. The second-order valence-corrected chi connectivity index (χ2v) is 7.81. The van der Waals surface area contributed by atoms with Crippen molar-refractivity contribution in [2.75, 3.05) is 0 Å². The summed E-state index contributed by atoms with van der Waals surface area (Å²) >= 11 is 0. The Bertz CT molecular complexity index is 1480. The van der Waals surface area contributed by atoms with Crippen molar-refractivity contribution in [3.05, 3.63) is 104 Å². The Hall–Kier alpha value is -3.69. The summed E-state index contributed by atoms with van der Waals surface area (Å²) in [5, 5.41) is 2.05. The molecule has 1 aliphatic heterocycles. The zero-order valence-electron chi connectivity index (χ0n) is 18.8. The minimum Gasteiger partial charge on any atom is -0.465 e. The zero-order chi connectivity index (χ0) is 22.6. The Morgan fingerprint density at radius 2 is 1.76 bits per heavy atom. The van der Waals surface area contributed by atoms with E-state index in [9.17, 15) is 0 Å². The molecule has 0 amide bonds. The summed E-state index contributed by atoms with van der Waals surface area (Å²) in [5.41, 5.74) is 4.39. The van der Waals surface area contributed by atoms with E-state index in [1.165, 1.54) is 0 Å². The van der Waals surface area contributed by atoms with Gasteiger partial charge in [-0.05, 0) is 37.1 Å². The van der Waals surface area contributed by atoms with Crippen molar-refractivity contribution in [2.24, 2.45) is 0 Å². The first kappa shape index (κ1) is 23.5. The fraction of sp³-hybridized carbons (Fsp3) is 0.107. The van der Waals surface area contributed by atoms with Crippen LogP contribution < -0.4 is 0 Å². The number of pyridine rings is 2. The summed E-state index contributed by atoms with van der Waals surface area (Å²) in [7, 11) is 0. The van der Waals surface area contributed by atoms with Crippen LogP contribution in [0.5, 0.6) is 0 Å². The van der Waals surface area contributed by atoms with E-state index in [0.717, 1.165) is 33.3 Å². The van der Waals surface area contributed by atoms with Crippen LogP contribution in [0.3, 0.4) is 0 Å². The van der Waals surface area contributed by atoms with Crippen LogP contribution in [0.15, 0.2) is 95.9 Å².